The summed E-state index contributed by atoms with van der Waals surface area (Å²) in [5, 5.41) is 3.54. The van der Waals surface area contributed by atoms with Crippen molar-refractivity contribution in [1.82, 2.24) is 5.32 Å². The van der Waals surface area contributed by atoms with Gasteiger partial charge in [0, 0.05) is 12.5 Å². The van der Waals surface area contributed by atoms with Gasteiger partial charge >= 0.3 is 0 Å². The molecule has 1 N–H and O–H groups in total. The molecule has 3 heteroatoms. The van der Waals surface area contributed by atoms with Gasteiger partial charge in [0.15, 0.2) is 0 Å². The summed E-state index contributed by atoms with van der Waals surface area (Å²) in [6.07, 6.45) is 0.642. The summed E-state index contributed by atoms with van der Waals surface area (Å²) in [4.78, 5) is 0. The summed E-state index contributed by atoms with van der Waals surface area (Å²) in [6.45, 7) is 3.80. The SMILES string of the molecule is CCNCC(Cc1cccc(Cl)c1F)c1ccccc1. The van der Waals surface area contributed by atoms with Crippen molar-refractivity contribution < 1.29 is 4.39 Å². The molecule has 0 aliphatic carbocycles. The van der Waals surface area contributed by atoms with Crippen LogP contribution in [0, 0.1) is 5.82 Å². The van der Waals surface area contributed by atoms with Crippen LogP contribution >= 0.6 is 11.6 Å². The number of likely N-dealkylation sites (N-methyl/N-ethyl adjacent to an activating group) is 1. The third-order valence-corrected chi connectivity index (χ3v) is 3.70. The van der Waals surface area contributed by atoms with Crippen LogP contribution in [0.15, 0.2) is 48.5 Å². The van der Waals surface area contributed by atoms with Crippen molar-refractivity contribution in [3.05, 3.63) is 70.5 Å². The van der Waals surface area contributed by atoms with Crippen molar-refractivity contribution in [2.24, 2.45) is 0 Å². The molecule has 0 radical (unpaired) electrons. The molecule has 1 nitrogen and oxygen atoms in total. The molecule has 1 unspecified atom stereocenters. The summed E-state index contributed by atoms with van der Waals surface area (Å²) < 4.78 is 14.0. The van der Waals surface area contributed by atoms with Gasteiger partial charge < -0.3 is 5.32 Å². The molecular weight excluding hydrogens is 273 g/mol. The molecule has 20 heavy (non-hydrogen) atoms. The van der Waals surface area contributed by atoms with Gasteiger partial charge in [-0.2, -0.15) is 0 Å². The van der Waals surface area contributed by atoms with Crippen LogP contribution < -0.4 is 5.32 Å². The van der Waals surface area contributed by atoms with E-state index < -0.39 is 0 Å². The van der Waals surface area contributed by atoms with Crippen LogP contribution in [0.3, 0.4) is 0 Å². The van der Waals surface area contributed by atoms with Crippen molar-refractivity contribution in [2.45, 2.75) is 19.3 Å². The molecule has 2 aromatic carbocycles. The predicted octanol–water partition coefficient (Wildman–Crippen LogP) is 4.41. The van der Waals surface area contributed by atoms with Crippen LogP contribution in [0.5, 0.6) is 0 Å². The number of nitrogens with one attached hydrogen (secondary N) is 1. The van der Waals surface area contributed by atoms with E-state index in [2.05, 4.69) is 24.4 Å². The Hall–Kier alpha value is -1.38. The Morgan fingerprint density at radius 2 is 1.85 bits per heavy atom. The minimum Gasteiger partial charge on any atom is -0.316 e. The van der Waals surface area contributed by atoms with E-state index in [1.807, 2.05) is 24.3 Å². The molecule has 1 atom stereocenters. The fraction of sp³-hybridized carbons (Fsp3) is 0.294. The second kappa shape index (κ2) is 7.41. The minimum absolute atomic E-state index is 0.192. The zero-order chi connectivity index (χ0) is 14.4. The Morgan fingerprint density at radius 1 is 1.10 bits per heavy atom. The molecule has 0 saturated heterocycles. The van der Waals surface area contributed by atoms with Gasteiger partial charge in [-0.3, -0.25) is 0 Å². The number of halogens is 2. The molecule has 0 fully saturated rings. The monoisotopic (exact) mass is 291 g/mol. The molecule has 0 amide bonds. The zero-order valence-electron chi connectivity index (χ0n) is 11.6. The molecule has 0 aliphatic rings. The summed E-state index contributed by atoms with van der Waals surface area (Å²) in [5.41, 5.74) is 1.89. The molecular formula is C17H19ClFN. The first-order valence-corrected chi connectivity index (χ1v) is 7.28. The van der Waals surface area contributed by atoms with E-state index in [-0.39, 0.29) is 16.8 Å². The maximum atomic E-state index is 14.0. The highest BCUT2D eigenvalue weighted by Gasteiger charge is 2.15. The van der Waals surface area contributed by atoms with Crippen molar-refractivity contribution in [3.63, 3.8) is 0 Å². The van der Waals surface area contributed by atoms with Gasteiger partial charge in [0.1, 0.15) is 5.82 Å². The van der Waals surface area contributed by atoms with E-state index >= 15 is 0 Å². The molecule has 0 saturated carbocycles. The summed E-state index contributed by atoms with van der Waals surface area (Å²) in [7, 11) is 0. The van der Waals surface area contributed by atoms with Crippen molar-refractivity contribution >= 4 is 11.6 Å². The normalized spacial score (nSPS) is 12.3. The molecule has 2 rings (SSSR count). The summed E-state index contributed by atoms with van der Waals surface area (Å²) >= 11 is 5.86. The molecule has 2 aromatic rings. The van der Waals surface area contributed by atoms with Crippen LogP contribution in [0.4, 0.5) is 4.39 Å². The highest BCUT2D eigenvalue weighted by Crippen LogP contribution is 2.25. The second-order valence-electron chi connectivity index (χ2n) is 4.83. The van der Waals surface area contributed by atoms with Crippen molar-refractivity contribution in [3.8, 4) is 0 Å². The highest BCUT2D eigenvalue weighted by molar-refractivity contribution is 6.30. The standard InChI is InChI=1S/C17H19ClFN/c1-2-20-12-15(13-7-4-3-5-8-13)11-14-9-6-10-16(18)17(14)19/h3-10,15,20H,2,11-12H2,1H3. The lowest BCUT2D eigenvalue weighted by Crippen LogP contribution is -2.23. The quantitative estimate of drug-likeness (QED) is 0.831. The van der Waals surface area contributed by atoms with Crippen molar-refractivity contribution in [1.29, 1.82) is 0 Å². The molecule has 0 aliphatic heterocycles. The summed E-state index contributed by atoms with van der Waals surface area (Å²) in [6, 6.07) is 15.4. The summed E-state index contributed by atoms with van der Waals surface area (Å²) in [5.74, 6) is -0.0595. The topological polar surface area (TPSA) is 12.0 Å². The first-order valence-electron chi connectivity index (χ1n) is 6.91. The number of hydrogen-bond acceptors (Lipinski definition) is 1. The Labute approximate surface area is 124 Å². The van der Waals surface area contributed by atoms with Crippen LogP contribution in [0.25, 0.3) is 0 Å². The van der Waals surface area contributed by atoms with Gasteiger partial charge in [0.2, 0.25) is 0 Å². The van der Waals surface area contributed by atoms with Crippen LogP contribution in [0.1, 0.15) is 24.0 Å². The molecule has 0 aromatic heterocycles. The zero-order valence-corrected chi connectivity index (χ0v) is 12.3. The van der Waals surface area contributed by atoms with Crippen molar-refractivity contribution in [2.75, 3.05) is 13.1 Å². The first kappa shape index (κ1) is 15.0. The number of benzene rings is 2. The van der Waals surface area contributed by atoms with E-state index in [9.17, 15) is 4.39 Å². The fourth-order valence-corrected chi connectivity index (χ4v) is 2.52. The third-order valence-electron chi connectivity index (χ3n) is 3.41. The van der Waals surface area contributed by atoms with Crippen LogP contribution in [-0.4, -0.2) is 13.1 Å². The lowest BCUT2D eigenvalue weighted by molar-refractivity contribution is 0.562. The van der Waals surface area contributed by atoms with E-state index in [0.717, 1.165) is 13.1 Å². The molecule has 0 bridgehead atoms. The predicted molar refractivity (Wildman–Crippen MR) is 82.8 cm³/mol. The van der Waals surface area contributed by atoms with Gasteiger partial charge in [-0.25, -0.2) is 4.39 Å². The first-order chi connectivity index (χ1) is 9.72. The lowest BCUT2D eigenvalue weighted by atomic mass is 9.91. The Bertz CT molecular complexity index is 542. The van der Waals surface area contributed by atoms with E-state index in [4.69, 9.17) is 11.6 Å². The maximum absolute atomic E-state index is 14.0. The van der Waals surface area contributed by atoms with Gasteiger partial charge in [-0.05, 0) is 30.2 Å². The number of hydrogen-bond donors (Lipinski definition) is 1. The van der Waals surface area contributed by atoms with Gasteiger partial charge in [-0.15, -0.1) is 0 Å². The Morgan fingerprint density at radius 3 is 2.55 bits per heavy atom. The maximum Gasteiger partial charge on any atom is 0.144 e. The van der Waals surface area contributed by atoms with Crippen LogP contribution in [-0.2, 0) is 6.42 Å². The largest absolute Gasteiger partial charge is 0.316 e. The third kappa shape index (κ3) is 3.81. The number of rotatable bonds is 6. The molecule has 106 valence electrons. The molecule has 0 heterocycles. The second-order valence-corrected chi connectivity index (χ2v) is 5.24. The van der Waals surface area contributed by atoms with Gasteiger partial charge in [-0.1, -0.05) is 61.0 Å². The highest BCUT2D eigenvalue weighted by atomic mass is 35.5. The smallest absolute Gasteiger partial charge is 0.144 e. The van der Waals surface area contributed by atoms with E-state index in [1.165, 1.54) is 5.56 Å². The van der Waals surface area contributed by atoms with E-state index in [0.29, 0.717) is 12.0 Å². The average molecular weight is 292 g/mol. The molecule has 0 spiro atoms. The van der Waals surface area contributed by atoms with E-state index in [1.54, 1.807) is 12.1 Å². The lowest BCUT2D eigenvalue weighted by Gasteiger charge is -2.18. The Kier molecular flexibility index (Phi) is 5.57. The van der Waals surface area contributed by atoms with Gasteiger partial charge in [0.05, 0.1) is 5.02 Å². The average Bonchev–Trinajstić information content (AvgIpc) is 2.48. The fourth-order valence-electron chi connectivity index (χ4n) is 2.32. The Balaban J connectivity index is 2.21. The minimum atomic E-state index is -0.299. The van der Waals surface area contributed by atoms with Gasteiger partial charge in [0.25, 0.3) is 0 Å². The van der Waals surface area contributed by atoms with Crippen LogP contribution in [0.2, 0.25) is 5.02 Å².